The quantitative estimate of drug-likeness (QED) is 0.476. The van der Waals surface area contributed by atoms with Gasteiger partial charge >= 0.3 is 5.97 Å². The Kier molecular flexibility index (Phi) is 4.27. The van der Waals surface area contributed by atoms with Crippen molar-refractivity contribution < 1.29 is 9.53 Å². The minimum Gasteiger partial charge on any atom is -0.426 e. The zero-order chi connectivity index (χ0) is 18.4. The Morgan fingerprint density at radius 2 is 1.59 bits per heavy atom. The van der Waals surface area contributed by atoms with Gasteiger partial charge in [-0.15, -0.1) is 0 Å². The van der Waals surface area contributed by atoms with Crippen molar-refractivity contribution in [3.05, 3.63) is 64.7 Å². The van der Waals surface area contributed by atoms with Crippen molar-refractivity contribution in [2.45, 2.75) is 44.9 Å². The summed E-state index contributed by atoms with van der Waals surface area (Å²) in [5, 5.41) is 0.676. The van der Waals surface area contributed by atoms with E-state index in [9.17, 15) is 4.79 Å². The van der Waals surface area contributed by atoms with E-state index in [0.717, 1.165) is 42.6 Å². The molecule has 2 aromatic rings. The highest BCUT2D eigenvalue weighted by Crippen LogP contribution is 2.60. The molecule has 0 saturated heterocycles. The van der Waals surface area contributed by atoms with E-state index in [1.54, 1.807) is 0 Å². The van der Waals surface area contributed by atoms with E-state index in [-0.39, 0.29) is 11.4 Å². The highest BCUT2D eigenvalue weighted by Gasteiger charge is 2.55. The summed E-state index contributed by atoms with van der Waals surface area (Å²) in [5.74, 6) is 2.87. The molecule has 4 aliphatic rings. The van der Waals surface area contributed by atoms with Crippen LogP contribution in [-0.4, -0.2) is 5.97 Å². The van der Waals surface area contributed by atoms with Gasteiger partial charge in [-0.1, -0.05) is 41.9 Å². The molecule has 2 nitrogen and oxygen atoms in total. The maximum atomic E-state index is 13.3. The lowest BCUT2D eigenvalue weighted by molar-refractivity contribution is -0.161. The monoisotopic (exact) mass is 380 g/mol. The van der Waals surface area contributed by atoms with Crippen molar-refractivity contribution in [1.29, 1.82) is 0 Å². The van der Waals surface area contributed by atoms with Crippen LogP contribution in [0.3, 0.4) is 0 Å². The number of esters is 1. The molecule has 0 unspecified atom stereocenters. The zero-order valence-corrected chi connectivity index (χ0v) is 16.3. The van der Waals surface area contributed by atoms with Crippen LogP contribution in [0, 0.1) is 23.2 Å². The van der Waals surface area contributed by atoms with Crippen LogP contribution in [0.5, 0.6) is 5.75 Å². The minimum atomic E-state index is -0.238. The van der Waals surface area contributed by atoms with E-state index in [0.29, 0.717) is 17.2 Å². The fourth-order valence-electron chi connectivity index (χ4n) is 6.17. The van der Waals surface area contributed by atoms with Crippen molar-refractivity contribution in [1.82, 2.24) is 0 Å². The smallest absolute Gasteiger partial charge is 0.317 e. The lowest BCUT2D eigenvalue weighted by atomic mass is 9.49. The van der Waals surface area contributed by atoms with Gasteiger partial charge < -0.3 is 4.74 Å². The van der Waals surface area contributed by atoms with Crippen LogP contribution >= 0.6 is 11.6 Å². The minimum absolute atomic E-state index is 0.00164. The highest BCUT2D eigenvalue weighted by atomic mass is 35.5. The van der Waals surface area contributed by atoms with Crippen LogP contribution in [0.4, 0.5) is 0 Å². The van der Waals surface area contributed by atoms with E-state index in [1.807, 2.05) is 36.4 Å². The van der Waals surface area contributed by atoms with E-state index in [4.69, 9.17) is 16.3 Å². The zero-order valence-electron chi connectivity index (χ0n) is 15.5. The molecule has 140 valence electrons. The van der Waals surface area contributed by atoms with Crippen molar-refractivity contribution in [2.75, 3.05) is 0 Å². The van der Waals surface area contributed by atoms with E-state index < -0.39 is 0 Å². The Morgan fingerprint density at radius 1 is 0.963 bits per heavy atom. The SMILES string of the molecule is O=C(Oc1ccc(Cl)cc1Cc1ccccc1)C12CC3CC(CC(C3)C1)C2. The first-order valence-corrected chi connectivity index (χ1v) is 10.5. The molecule has 4 bridgehead atoms. The lowest BCUT2D eigenvalue weighted by Gasteiger charge is -2.55. The summed E-state index contributed by atoms with van der Waals surface area (Å²) in [6.45, 7) is 0. The first-order valence-electron chi connectivity index (χ1n) is 10.1. The van der Waals surface area contributed by atoms with E-state index in [2.05, 4.69) is 12.1 Å². The van der Waals surface area contributed by atoms with Crippen LogP contribution in [0.1, 0.15) is 49.7 Å². The molecule has 0 atom stereocenters. The predicted octanol–water partition coefficient (Wildman–Crippen LogP) is 6.05. The maximum absolute atomic E-state index is 13.3. The van der Waals surface area contributed by atoms with Gasteiger partial charge in [-0.25, -0.2) is 0 Å². The highest BCUT2D eigenvalue weighted by molar-refractivity contribution is 6.30. The molecular formula is C24H25ClO2. The fraction of sp³-hybridized carbons (Fsp3) is 0.458. The summed E-state index contributed by atoms with van der Waals surface area (Å²) in [4.78, 5) is 13.3. The topological polar surface area (TPSA) is 26.3 Å². The molecule has 0 radical (unpaired) electrons. The summed E-state index contributed by atoms with van der Waals surface area (Å²) in [5.41, 5.74) is 1.93. The molecule has 0 amide bonds. The standard InChI is InChI=1S/C24H25ClO2/c25-21-6-7-22(20(12-21)11-16-4-2-1-3-5-16)27-23(26)24-13-17-8-18(14-24)10-19(9-17)15-24/h1-7,12,17-19H,8-11,13-15H2. The van der Waals surface area contributed by atoms with E-state index >= 15 is 0 Å². The number of benzene rings is 2. The van der Waals surface area contributed by atoms with Gasteiger partial charge in [0, 0.05) is 17.0 Å². The summed E-state index contributed by atoms with van der Waals surface area (Å²) in [6, 6.07) is 15.9. The lowest BCUT2D eigenvalue weighted by Crippen LogP contribution is -2.51. The number of halogens is 1. The molecule has 4 saturated carbocycles. The molecular weight excluding hydrogens is 356 g/mol. The second kappa shape index (κ2) is 6.67. The second-order valence-electron chi connectivity index (χ2n) is 9.00. The molecule has 2 aromatic carbocycles. The van der Waals surface area contributed by atoms with Crippen molar-refractivity contribution >= 4 is 17.6 Å². The molecule has 0 aliphatic heterocycles. The third kappa shape index (κ3) is 3.29. The van der Waals surface area contributed by atoms with Gasteiger partial charge in [0.15, 0.2) is 0 Å². The Morgan fingerprint density at radius 3 is 2.22 bits per heavy atom. The van der Waals surface area contributed by atoms with Gasteiger partial charge in [0.2, 0.25) is 0 Å². The van der Waals surface area contributed by atoms with Gasteiger partial charge in [0.25, 0.3) is 0 Å². The Bertz CT molecular complexity index is 823. The first-order chi connectivity index (χ1) is 13.1. The summed E-state index contributed by atoms with van der Waals surface area (Å²) in [7, 11) is 0. The molecule has 0 spiro atoms. The Labute approximate surface area is 165 Å². The number of carbonyl (C=O) groups excluding carboxylic acids is 1. The van der Waals surface area contributed by atoms with Crippen LogP contribution in [0.25, 0.3) is 0 Å². The average molecular weight is 381 g/mol. The van der Waals surface area contributed by atoms with Gasteiger partial charge in [0.1, 0.15) is 5.75 Å². The Balaban J connectivity index is 1.40. The largest absolute Gasteiger partial charge is 0.426 e. The van der Waals surface area contributed by atoms with Crippen molar-refractivity contribution in [2.24, 2.45) is 23.2 Å². The van der Waals surface area contributed by atoms with Crippen LogP contribution in [0.15, 0.2) is 48.5 Å². The molecule has 3 heteroatoms. The molecule has 4 aliphatic carbocycles. The Hall–Kier alpha value is -1.80. The fourth-order valence-corrected chi connectivity index (χ4v) is 6.36. The predicted molar refractivity (Wildman–Crippen MR) is 107 cm³/mol. The summed E-state index contributed by atoms with van der Waals surface area (Å²) < 4.78 is 6.06. The second-order valence-corrected chi connectivity index (χ2v) is 9.44. The number of ether oxygens (including phenoxy) is 1. The van der Waals surface area contributed by atoms with Crippen LogP contribution in [0.2, 0.25) is 5.02 Å². The average Bonchev–Trinajstić information content (AvgIpc) is 2.63. The van der Waals surface area contributed by atoms with Crippen molar-refractivity contribution in [3.63, 3.8) is 0 Å². The summed E-state index contributed by atoms with van der Waals surface area (Å²) >= 11 is 6.24. The number of hydrogen-bond donors (Lipinski definition) is 0. The van der Waals surface area contributed by atoms with Gasteiger partial charge in [0.05, 0.1) is 5.41 Å². The molecule has 0 N–H and O–H groups in total. The maximum Gasteiger partial charge on any atom is 0.317 e. The van der Waals surface area contributed by atoms with Gasteiger partial charge in [-0.05, 0) is 80.0 Å². The third-order valence-corrected chi connectivity index (χ3v) is 7.17. The molecule has 27 heavy (non-hydrogen) atoms. The normalized spacial score (nSPS) is 31.1. The molecule has 0 heterocycles. The van der Waals surface area contributed by atoms with Crippen molar-refractivity contribution in [3.8, 4) is 5.75 Å². The van der Waals surface area contributed by atoms with E-state index in [1.165, 1.54) is 24.8 Å². The molecule has 4 fully saturated rings. The van der Waals surface area contributed by atoms with Crippen LogP contribution < -0.4 is 4.74 Å². The summed E-state index contributed by atoms with van der Waals surface area (Å²) in [6.07, 6.45) is 7.77. The molecule has 0 aromatic heterocycles. The third-order valence-electron chi connectivity index (χ3n) is 6.93. The number of hydrogen-bond acceptors (Lipinski definition) is 2. The number of carbonyl (C=O) groups is 1. The first kappa shape index (κ1) is 17.3. The van der Waals surface area contributed by atoms with Crippen LogP contribution in [-0.2, 0) is 11.2 Å². The molecule has 6 rings (SSSR count). The number of rotatable bonds is 4. The van der Waals surface area contributed by atoms with Gasteiger partial charge in [-0.2, -0.15) is 0 Å². The van der Waals surface area contributed by atoms with Gasteiger partial charge in [-0.3, -0.25) is 4.79 Å².